The van der Waals surface area contributed by atoms with E-state index in [2.05, 4.69) is 0 Å². The Labute approximate surface area is 165 Å². The summed E-state index contributed by atoms with van der Waals surface area (Å²) in [4.78, 5) is 28.4. The van der Waals surface area contributed by atoms with Crippen molar-refractivity contribution in [2.75, 3.05) is 31.1 Å². The van der Waals surface area contributed by atoms with Crippen LogP contribution in [0, 0.1) is 0 Å². The number of carbonyl (C=O) groups is 2. The Balaban J connectivity index is 1.40. The molecule has 0 aliphatic carbocycles. The van der Waals surface area contributed by atoms with Gasteiger partial charge in [0.25, 0.3) is 5.91 Å². The highest BCUT2D eigenvalue weighted by molar-refractivity contribution is 5.95. The molecule has 1 saturated heterocycles. The van der Waals surface area contributed by atoms with Crippen molar-refractivity contribution in [3.8, 4) is 0 Å². The molecule has 1 fully saturated rings. The molecule has 1 atom stereocenters. The van der Waals surface area contributed by atoms with Crippen LogP contribution in [0.4, 0.5) is 18.9 Å². The van der Waals surface area contributed by atoms with Crippen LogP contribution in [0.3, 0.4) is 0 Å². The van der Waals surface area contributed by atoms with Crippen molar-refractivity contribution < 1.29 is 27.5 Å². The molecule has 0 spiro atoms. The van der Waals surface area contributed by atoms with E-state index in [9.17, 15) is 22.8 Å². The lowest BCUT2D eigenvalue weighted by molar-refractivity contribution is -0.141. The number of ether oxygens (including phenoxy) is 1. The minimum absolute atomic E-state index is 0.267. The smallest absolute Gasteiger partial charge is 0.416 e. The summed E-state index contributed by atoms with van der Waals surface area (Å²) in [7, 11) is 0. The van der Waals surface area contributed by atoms with E-state index in [0.717, 1.165) is 17.7 Å². The second-order valence-electron chi connectivity index (χ2n) is 7.12. The fourth-order valence-electron chi connectivity index (χ4n) is 3.74. The van der Waals surface area contributed by atoms with Gasteiger partial charge in [0, 0.05) is 38.3 Å². The molecular weight excluding hydrogens is 385 g/mol. The predicted octanol–water partition coefficient (Wildman–Crippen LogP) is 3.14. The fourth-order valence-corrected chi connectivity index (χ4v) is 3.74. The van der Waals surface area contributed by atoms with Crippen molar-refractivity contribution in [2.24, 2.45) is 0 Å². The first-order valence-electron chi connectivity index (χ1n) is 9.33. The van der Waals surface area contributed by atoms with Gasteiger partial charge in [0.05, 0.1) is 11.1 Å². The zero-order valence-electron chi connectivity index (χ0n) is 15.5. The molecule has 0 radical (unpaired) electrons. The van der Waals surface area contributed by atoms with Gasteiger partial charge in [-0.25, -0.2) is 4.79 Å². The molecule has 29 heavy (non-hydrogen) atoms. The van der Waals surface area contributed by atoms with Crippen LogP contribution in [0.1, 0.15) is 21.5 Å². The van der Waals surface area contributed by atoms with Crippen LogP contribution in [0.15, 0.2) is 48.5 Å². The Morgan fingerprint density at radius 2 is 1.72 bits per heavy atom. The largest absolute Gasteiger partial charge is 0.448 e. The maximum absolute atomic E-state index is 12.9. The Kier molecular flexibility index (Phi) is 4.94. The average Bonchev–Trinajstić information content (AvgIpc) is 2.73. The molecule has 2 aromatic rings. The molecule has 0 unspecified atom stereocenters. The number of fused-ring (bicyclic) bond motifs is 1. The zero-order valence-corrected chi connectivity index (χ0v) is 15.5. The van der Waals surface area contributed by atoms with Gasteiger partial charge in [0.2, 0.25) is 0 Å². The van der Waals surface area contributed by atoms with E-state index < -0.39 is 23.8 Å². The van der Waals surface area contributed by atoms with Crippen molar-refractivity contribution in [1.82, 2.24) is 4.90 Å². The van der Waals surface area contributed by atoms with Crippen molar-refractivity contribution in [2.45, 2.75) is 18.7 Å². The van der Waals surface area contributed by atoms with E-state index in [4.69, 9.17) is 4.74 Å². The number of amides is 1. The van der Waals surface area contributed by atoms with Gasteiger partial charge in [-0.05, 0) is 29.8 Å². The fraction of sp³-hybridized carbons (Fsp3) is 0.333. The number of benzene rings is 2. The quantitative estimate of drug-likeness (QED) is 0.722. The summed E-state index contributed by atoms with van der Waals surface area (Å²) < 4.78 is 44.1. The number of piperazine rings is 1. The van der Waals surface area contributed by atoms with Crippen LogP contribution in [0.25, 0.3) is 0 Å². The van der Waals surface area contributed by atoms with E-state index in [1.807, 2.05) is 17.0 Å². The Morgan fingerprint density at radius 1 is 1.00 bits per heavy atom. The summed E-state index contributed by atoms with van der Waals surface area (Å²) in [6.07, 6.45) is -4.93. The Bertz CT molecular complexity index is 937. The highest BCUT2D eigenvalue weighted by Gasteiger charge is 2.35. The zero-order chi connectivity index (χ0) is 20.6. The predicted molar refractivity (Wildman–Crippen MR) is 99.6 cm³/mol. The number of hydrogen-bond acceptors (Lipinski definition) is 4. The van der Waals surface area contributed by atoms with E-state index in [1.54, 1.807) is 23.1 Å². The molecule has 2 aliphatic heterocycles. The molecular formula is C21H19F3N2O3. The van der Waals surface area contributed by atoms with Gasteiger partial charge in [-0.2, -0.15) is 13.2 Å². The third-order valence-corrected chi connectivity index (χ3v) is 5.30. The van der Waals surface area contributed by atoms with E-state index >= 15 is 0 Å². The van der Waals surface area contributed by atoms with Gasteiger partial charge in [0.15, 0.2) is 6.10 Å². The standard InChI is InChI=1S/C21H19F3N2O3/c22-21(23,24)15-5-3-6-16(13-15)25-8-10-26(11-9-25)19(27)18-12-14-4-1-2-7-17(14)20(28)29-18/h1-7,13,18H,8-12H2/t18-/m1/s1. The molecule has 2 aromatic carbocycles. The van der Waals surface area contributed by atoms with Crippen LogP contribution in [-0.4, -0.2) is 49.1 Å². The van der Waals surface area contributed by atoms with Gasteiger partial charge in [-0.1, -0.05) is 24.3 Å². The number of esters is 1. The molecule has 0 N–H and O–H groups in total. The molecule has 2 aliphatic rings. The molecule has 0 bridgehead atoms. The van der Waals surface area contributed by atoms with Crippen molar-refractivity contribution in [1.29, 1.82) is 0 Å². The van der Waals surface area contributed by atoms with Crippen molar-refractivity contribution in [3.05, 3.63) is 65.2 Å². The average molecular weight is 404 g/mol. The molecule has 0 saturated carbocycles. The summed E-state index contributed by atoms with van der Waals surface area (Å²) in [6.45, 7) is 1.52. The lowest BCUT2D eigenvalue weighted by Gasteiger charge is -2.38. The second-order valence-corrected chi connectivity index (χ2v) is 7.12. The van der Waals surface area contributed by atoms with Crippen LogP contribution in [0.2, 0.25) is 0 Å². The van der Waals surface area contributed by atoms with Crippen LogP contribution < -0.4 is 4.90 Å². The van der Waals surface area contributed by atoms with Gasteiger partial charge in [-0.15, -0.1) is 0 Å². The van der Waals surface area contributed by atoms with E-state index in [1.165, 1.54) is 6.07 Å². The maximum Gasteiger partial charge on any atom is 0.416 e. The van der Waals surface area contributed by atoms with Crippen LogP contribution in [-0.2, 0) is 22.1 Å². The molecule has 1 amide bonds. The number of alkyl halides is 3. The third-order valence-electron chi connectivity index (χ3n) is 5.30. The number of nitrogens with zero attached hydrogens (tertiary/aromatic N) is 2. The van der Waals surface area contributed by atoms with Crippen LogP contribution >= 0.6 is 0 Å². The van der Waals surface area contributed by atoms with Gasteiger partial charge < -0.3 is 14.5 Å². The number of halogens is 3. The monoisotopic (exact) mass is 404 g/mol. The van der Waals surface area contributed by atoms with Gasteiger partial charge in [-0.3, -0.25) is 4.79 Å². The highest BCUT2D eigenvalue weighted by Crippen LogP contribution is 2.32. The summed E-state index contributed by atoms with van der Waals surface area (Å²) in [5, 5.41) is 0. The first-order chi connectivity index (χ1) is 13.8. The number of rotatable bonds is 2. The number of anilines is 1. The molecule has 5 nitrogen and oxygen atoms in total. The van der Waals surface area contributed by atoms with Gasteiger partial charge in [0.1, 0.15) is 0 Å². The Morgan fingerprint density at radius 3 is 2.45 bits per heavy atom. The normalized spacial score (nSPS) is 19.6. The van der Waals surface area contributed by atoms with E-state index in [0.29, 0.717) is 43.9 Å². The molecule has 4 rings (SSSR count). The topological polar surface area (TPSA) is 49.9 Å². The van der Waals surface area contributed by atoms with Crippen molar-refractivity contribution >= 4 is 17.6 Å². The number of cyclic esters (lactones) is 1. The SMILES string of the molecule is O=C1O[C@@H](C(=O)N2CCN(c3cccc(C(F)(F)F)c3)CC2)Cc2ccccc21. The summed E-state index contributed by atoms with van der Waals surface area (Å²) in [5.74, 6) is -0.774. The van der Waals surface area contributed by atoms with Gasteiger partial charge >= 0.3 is 12.1 Å². The first kappa shape index (κ1) is 19.3. The number of hydrogen-bond donors (Lipinski definition) is 0. The molecule has 8 heteroatoms. The third kappa shape index (κ3) is 3.92. The lowest BCUT2D eigenvalue weighted by Crippen LogP contribution is -2.53. The van der Waals surface area contributed by atoms with Crippen LogP contribution in [0.5, 0.6) is 0 Å². The van der Waals surface area contributed by atoms with Crippen molar-refractivity contribution in [3.63, 3.8) is 0 Å². The Hall–Kier alpha value is -3.03. The highest BCUT2D eigenvalue weighted by atomic mass is 19.4. The minimum atomic E-state index is -4.39. The summed E-state index contributed by atoms with van der Waals surface area (Å²) >= 11 is 0. The number of carbonyl (C=O) groups excluding carboxylic acids is 2. The first-order valence-corrected chi connectivity index (χ1v) is 9.33. The minimum Gasteiger partial charge on any atom is -0.448 e. The molecule has 152 valence electrons. The lowest BCUT2D eigenvalue weighted by atomic mass is 9.98. The molecule has 0 aromatic heterocycles. The van der Waals surface area contributed by atoms with E-state index in [-0.39, 0.29) is 5.91 Å². The molecule has 2 heterocycles. The maximum atomic E-state index is 12.9. The second kappa shape index (κ2) is 7.42. The summed E-state index contributed by atoms with van der Waals surface area (Å²) in [5.41, 5.74) is 1.04. The summed E-state index contributed by atoms with van der Waals surface area (Å²) in [6, 6.07) is 12.2.